The van der Waals surface area contributed by atoms with Crippen molar-refractivity contribution in [1.82, 2.24) is 15.1 Å². The first kappa shape index (κ1) is 13.2. The highest BCUT2D eigenvalue weighted by Crippen LogP contribution is 2.14. The third-order valence-electron chi connectivity index (χ3n) is 2.75. The quantitative estimate of drug-likeness (QED) is 0.777. The normalized spacial score (nSPS) is 15.4. The lowest BCUT2D eigenvalue weighted by atomic mass is 10.1. The molecule has 1 heterocycles. The Morgan fingerprint density at radius 2 is 2.06 bits per heavy atom. The molecule has 4 nitrogen and oxygen atoms in total. The minimum absolute atomic E-state index is 0.228. The van der Waals surface area contributed by atoms with Crippen LogP contribution in [-0.2, 0) is 0 Å². The molecule has 2 N–H and O–H groups in total. The van der Waals surface area contributed by atoms with Gasteiger partial charge in [0.15, 0.2) is 0 Å². The second-order valence-corrected chi connectivity index (χ2v) is 4.65. The zero-order chi connectivity index (χ0) is 12.1. The zero-order valence-electron chi connectivity index (χ0n) is 10.6. The summed E-state index contributed by atoms with van der Waals surface area (Å²) in [4.78, 5) is 0. The van der Waals surface area contributed by atoms with Crippen LogP contribution in [-0.4, -0.2) is 27.5 Å². The van der Waals surface area contributed by atoms with Gasteiger partial charge in [-0.05, 0) is 34.1 Å². The molecular formula is C12H23N3O. The molecule has 1 aromatic rings. The molecule has 0 saturated heterocycles. The van der Waals surface area contributed by atoms with Crippen LogP contribution < -0.4 is 5.32 Å². The summed E-state index contributed by atoms with van der Waals surface area (Å²) >= 11 is 0. The standard InChI is InChI=1S/C12H23N3O/c1-9(2)15-8-12(7-13-15)11(4)14-10(3)5-6-16/h7-11,14,16H,5-6H2,1-4H3/t10-,11?/m1/s1. The van der Waals surface area contributed by atoms with Crippen molar-refractivity contribution in [1.29, 1.82) is 0 Å². The fraction of sp³-hybridized carbons (Fsp3) is 0.750. The molecule has 2 atom stereocenters. The van der Waals surface area contributed by atoms with Crippen LogP contribution >= 0.6 is 0 Å². The van der Waals surface area contributed by atoms with E-state index in [4.69, 9.17) is 5.11 Å². The Hall–Kier alpha value is -0.870. The summed E-state index contributed by atoms with van der Waals surface area (Å²) in [6.07, 6.45) is 4.76. The molecule has 0 aliphatic carbocycles. The fourth-order valence-corrected chi connectivity index (χ4v) is 1.66. The molecule has 0 radical (unpaired) electrons. The Morgan fingerprint density at radius 1 is 1.38 bits per heavy atom. The van der Waals surface area contributed by atoms with Gasteiger partial charge in [-0.15, -0.1) is 0 Å². The van der Waals surface area contributed by atoms with Crippen LogP contribution in [0.25, 0.3) is 0 Å². The molecule has 92 valence electrons. The number of nitrogens with zero attached hydrogens (tertiary/aromatic N) is 2. The maximum absolute atomic E-state index is 8.84. The van der Waals surface area contributed by atoms with Crippen LogP contribution in [0, 0.1) is 0 Å². The number of rotatable bonds is 6. The summed E-state index contributed by atoms with van der Waals surface area (Å²) in [6.45, 7) is 8.66. The Labute approximate surface area is 97.7 Å². The van der Waals surface area contributed by atoms with Gasteiger partial charge in [0.25, 0.3) is 0 Å². The summed E-state index contributed by atoms with van der Waals surface area (Å²) in [6, 6.07) is 0.993. The highest BCUT2D eigenvalue weighted by atomic mass is 16.3. The average molecular weight is 225 g/mol. The zero-order valence-corrected chi connectivity index (χ0v) is 10.6. The molecule has 0 aromatic carbocycles. The van der Waals surface area contributed by atoms with E-state index in [9.17, 15) is 0 Å². The number of hydrogen-bond donors (Lipinski definition) is 2. The van der Waals surface area contributed by atoms with Gasteiger partial charge in [-0.2, -0.15) is 5.10 Å². The van der Waals surface area contributed by atoms with E-state index in [1.54, 1.807) is 0 Å². The summed E-state index contributed by atoms with van der Waals surface area (Å²) in [7, 11) is 0. The highest BCUT2D eigenvalue weighted by molar-refractivity contribution is 5.09. The van der Waals surface area contributed by atoms with E-state index < -0.39 is 0 Å². The van der Waals surface area contributed by atoms with E-state index in [2.05, 4.69) is 44.3 Å². The molecule has 16 heavy (non-hydrogen) atoms. The summed E-state index contributed by atoms with van der Waals surface area (Å²) in [5, 5.41) is 16.6. The third-order valence-corrected chi connectivity index (χ3v) is 2.75. The Morgan fingerprint density at radius 3 is 2.56 bits per heavy atom. The molecule has 0 aliphatic rings. The van der Waals surface area contributed by atoms with Gasteiger partial charge in [-0.1, -0.05) is 0 Å². The molecule has 1 unspecified atom stereocenters. The fourth-order valence-electron chi connectivity index (χ4n) is 1.66. The molecule has 1 rings (SSSR count). The molecule has 0 aliphatic heterocycles. The SMILES string of the molecule is CC(N[C@H](C)CCO)c1cnn(C(C)C)c1. The first-order chi connectivity index (χ1) is 7.54. The van der Waals surface area contributed by atoms with E-state index >= 15 is 0 Å². The molecule has 4 heteroatoms. The minimum Gasteiger partial charge on any atom is -0.396 e. The lowest BCUT2D eigenvalue weighted by molar-refractivity contribution is 0.264. The predicted octanol–water partition coefficient (Wildman–Crippen LogP) is 1.89. The smallest absolute Gasteiger partial charge is 0.0537 e. The molecule has 0 bridgehead atoms. The van der Waals surface area contributed by atoms with Crippen LogP contribution in [0.2, 0.25) is 0 Å². The minimum atomic E-state index is 0.228. The lowest BCUT2D eigenvalue weighted by Crippen LogP contribution is -2.29. The van der Waals surface area contributed by atoms with E-state index in [0.29, 0.717) is 12.1 Å². The third kappa shape index (κ3) is 3.61. The van der Waals surface area contributed by atoms with E-state index in [0.717, 1.165) is 6.42 Å². The monoisotopic (exact) mass is 225 g/mol. The number of aliphatic hydroxyl groups is 1. The maximum Gasteiger partial charge on any atom is 0.0537 e. The van der Waals surface area contributed by atoms with Crippen molar-refractivity contribution >= 4 is 0 Å². The largest absolute Gasteiger partial charge is 0.396 e. The van der Waals surface area contributed by atoms with Gasteiger partial charge in [-0.25, -0.2) is 0 Å². The van der Waals surface area contributed by atoms with Gasteiger partial charge in [0.1, 0.15) is 0 Å². The molecule has 1 aromatic heterocycles. The average Bonchev–Trinajstić information content (AvgIpc) is 2.66. The van der Waals surface area contributed by atoms with E-state index in [1.807, 2.05) is 10.9 Å². The van der Waals surface area contributed by atoms with Crippen molar-refractivity contribution in [2.45, 2.75) is 52.2 Å². The van der Waals surface area contributed by atoms with Crippen LogP contribution in [0.1, 0.15) is 51.8 Å². The van der Waals surface area contributed by atoms with Gasteiger partial charge < -0.3 is 10.4 Å². The molecule has 0 saturated carbocycles. The van der Waals surface area contributed by atoms with E-state index in [1.165, 1.54) is 5.56 Å². The van der Waals surface area contributed by atoms with Crippen LogP contribution in [0.4, 0.5) is 0 Å². The molecule has 0 spiro atoms. The van der Waals surface area contributed by atoms with Gasteiger partial charge >= 0.3 is 0 Å². The summed E-state index contributed by atoms with van der Waals surface area (Å²) in [5.41, 5.74) is 1.19. The molecular weight excluding hydrogens is 202 g/mol. The second-order valence-electron chi connectivity index (χ2n) is 4.65. The van der Waals surface area contributed by atoms with E-state index in [-0.39, 0.29) is 12.6 Å². The predicted molar refractivity (Wildman–Crippen MR) is 65.3 cm³/mol. The number of aliphatic hydroxyl groups excluding tert-OH is 1. The summed E-state index contributed by atoms with van der Waals surface area (Å²) < 4.78 is 1.96. The van der Waals surface area contributed by atoms with Crippen molar-refractivity contribution < 1.29 is 5.11 Å². The van der Waals surface area contributed by atoms with Crippen molar-refractivity contribution in [3.05, 3.63) is 18.0 Å². The number of nitrogens with one attached hydrogen (secondary N) is 1. The first-order valence-electron chi connectivity index (χ1n) is 5.95. The van der Waals surface area contributed by atoms with Crippen molar-refractivity contribution in [3.8, 4) is 0 Å². The Kier molecular flexibility index (Phi) is 4.96. The van der Waals surface area contributed by atoms with Crippen LogP contribution in [0.5, 0.6) is 0 Å². The van der Waals surface area contributed by atoms with Crippen molar-refractivity contribution in [2.24, 2.45) is 0 Å². The number of hydrogen-bond acceptors (Lipinski definition) is 3. The van der Waals surface area contributed by atoms with Gasteiger partial charge in [0.05, 0.1) is 6.20 Å². The topological polar surface area (TPSA) is 50.1 Å². The number of aromatic nitrogens is 2. The highest BCUT2D eigenvalue weighted by Gasteiger charge is 2.11. The second kappa shape index (κ2) is 6.01. The maximum atomic E-state index is 8.84. The van der Waals surface area contributed by atoms with Gasteiger partial charge in [-0.3, -0.25) is 4.68 Å². The van der Waals surface area contributed by atoms with Gasteiger partial charge in [0.2, 0.25) is 0 Å². The first-order valence-corrected chi connectivity index (χ1v) is 5.95. The van der Waals surface area contributed by atoms with Crippen LogP contribution in [0.15, 0.2) is 12.4 Å². The Balaban J connectivity index is 2.55. The van der Waals surface area contributed by atoms with Crippen molar-refractivity contribution in [3.63, 3.8) is 0 Å². The molecule has 0 amide bonds. The van der Waals surface area contributed by atoms with Gasteiger partial charge in [0, 0.05) is 36.5 Å². The lowest BCUT2D eigenvalue weighted by Gasteiger charge is -2.18. The van der Waals surface area contributed by atoms with Crippen LogP contribution in [0.3, 0.4) is 0 Å². The van der Waals surface area contributed by atoms with Crippen molar-refractivity contribution in [2.75, 3.05) is 6.61 Å². The molecule has 0 fully saturated rings. The Bertz CT molecular complexity index is 309. The summed E-state index contributed by atoms with van der Waals surface area (Å²) in [5.74, 6) is 0.